The van der Waals surface area contributed by atoms with Crippen LogP contribution in [-0.4, -0.2) is 57.0 Å². The summed E-state index contributed by atoms with van der Waals surface area (Å²) in [6.45, 7) is 0.907. The predicted octanol–water partition coefficient (Wildman–Crippen LogP) is 0.566. The Morgan fingerprint density at radius 2 is 2.33 bits per heavy atom. The van der Waals surface area contributed by atoms with Gasteiger partial charge in [-0.05, 0) is 24.8 Å². The van der Waals surface area contributed by atoms with Gasteiger partial charge in [0.2, 0.25) is 5.82 Å². The lowest BCUT2D eigenvalue weighted by molar-refractivity contribution is 0.0832. The zero-order chi connectivity index (χ0) is 16.5. The van der Waals surface area contributed by atoms with Crippen molar-refractivity contribution in [3.8, 4) is 0 Å². The van der Waals surface area contributed by atoms with E-state index in [2.05, 4.69) is 20.4 Å². The molecule has 1 aliphatic rings. The van der Waals surface area contributed by atoms with E-state index in [1.54, 1.807) is 22.2 Å². The van der Waals surface area contributed by atoms with Gasteiger partial charge in [-0.1, -0.05) is 0 Å². The number of nitrogens with one attached hydrogen (secondary N) is 1. The zero-order valence-electron chi connectivity index (χ0n) is 13.0. The van der Waals surface area contributed by atoms with Crippen LogP contribution in [0.25, 0.3) is 15.9 Å². The highest BCUT2D eigenvalue weighted by atomic mass is 32.1. The van der Waals surface area contributed by atoms with E-state index < -0.39 is 0 Å². The topological polar surface area (TPSA) is 102 Å². The monoisotopic (exact) mass is 347 g/mol. The number of aromatic nitrogens is 4. The molecule has 2 N–H and O–H groups in total. The quantitative estimate of drug-likeness (QED) is 0.632. The third-order valence-corrected chi connectivity index (χ3v) is 5.21. The van der Waals surface area contributed by atoms with Crippen LogP contribution in [0.5, 0.6) is 0 Å². The highest BCUT2D eigenvalue weighted by molar-refractivity contribution is 7.19. The van der Waals surface area contributed by atoms with Crippen LogP contribution in [-0.2, 0) is 17.6 Å². The minimum absolute atomic E-state index is 0.0318. The first kappa shape index (κ1) is 15.4. The van der Waals surface area contributed by atoms with Crippen LogP contribution >= 0.6 is 11.3 Å². The second kappa shape index (κ2) is 6.42. The van der Waals surface area contributed by atoms with Crippen LogP contribution in [0.1, 0.15) is 27.5 Å². The van der Waals surface area contributed by atoms with Gasteiger partial charge >= 0.3 is 0 Å². The minimum Gasteiger partial charge on any atom is -0.394 e. The fourth-order valence-electron chi connectivity index (χ4n) is 2.97. The summed E-state index contributed by atoms with van der Waals surface area (Å²) in [6, 6.07) is 0. The summed E-state index contributed by atoms with van der Waals surface area (Å²) in [5, 5.41) is 16.6. The highest BCUT2D eigenvalue weighted by Crippen LogP contribution is 2.37. The molecule has 1 amide bonds. The van der Waals surface area contributed by atoms with Crippen LogP contribution in [0.15, 0.2) is 6.33 Å². The van der Waals surface area contributed by atoms with Crippen LogP contribution in [0.4, 0.5) is 0 Å². The molecule has 0 atom stereocenters. The number of nitrogens with zero attached hydrogens (tertiary/aromatic N) is 4. The lowest BCUT2D eigenvalue weighted by atomic mass is 10.2. The molecular weight excluding hydrogens is 330 g/mol. The molecule has 3 heterocycles. The number of thiophene rings is 1. The molecule has 24 heavy (non-hydrogen) atoms. The molecule has 126 valence electrons. The molecule has 0 aliphatic heterocycles. The number of amides is 1. The number of aryl methyl sites for hydroxylation is 2. The number of aliphatic hydroxyl groups excluding tert-OH is 1. The summed E-state index contributed by atoms with van der Waals surface area (Å²) in [5.41, 5.74) is 2.01. The Hall–Kier alpha value is -2.10. The summed E-state index contributed by atoms with van der Waals surface area (Å²) < 4.78 is 6.68. The Morgan fingerprint density at radius 1 is 1.42 bits per heavy atom. The Balaban J connectivity index is 1.59. The molecule has 3 aromatic rings. The largest absolute Gasteiger partial charge is 0.394 e. The van der Waals surface area contributed by atoms with Crippen LogP contribution in [0.2, 0.25) is 0 Å². The molecule has 3 aromatic heterocycles. The van der Waals surface area contributed by atoms with E-state index in [0.29, 0.717) is 18.8 Å². The van der Waals surface area contributed by atoms with Crippen molar-refractivity contribution in [3.63, 3.8) is 0 Å². The van der Waals surface area contributed by atoms with Gasteiger partial charge in [0.1, 0.15) is 11.2 Å². The van der Waals surface area contributed by atoms with Crippen molar-refractivity contribution in [2.45, 2.75) is 19.3 Å². The number of ether oxygens (including phenoxy) is 1. The van der Waals surface area contributed by atoms with E-state index in [-0.39, 0.29) is 24.9 Å². The van der Waals surface area contributed by atoms with E-state index in [1.165, 1.54) is 10.4 Å². The number of carbonyl (C=O) groups excluding carboxylic acids is 1. The third kappa shape index (κ3) is 2.64. The molecular formula is C15H17N5O3S. The van der Waals surface area contributed by atoms with Crippen molar-refractivity contribution in [1.82, 2.24) is 24.9 Å². The standard InChI is InChI=1S/C15H17N5O3S/c21-5-7-23-6-4-16-14(22)12-18-13-11-9-2-1-3-10(9)24-15(11)17-8-20(13)19-12/h8,21H,1-7H2,(H,16,22). The Labute approximate surface area is 141 Å². The normalized spacial score (nSPS) is 13.7. The molecule has 0 radical (unpaired) electrons. The van der Waals surface area contributed by atoms with Crippen molar-refractivity contribution >= 4 is 33.1 Å². The van der Waals surface area contributed by atoms with Crippen molar-refractivity contribution in [3.05, 3.63) is 22.6 Å². The fraction of sp³-hybridized carbons (Fsp3) is 0.467. The Morgan fingerprint density at radius 3 is 3.21 bits per heavy atom. The van der Waals surface area contributed by atoms with Crippen LogP contribution in [0, 0.1) is 0 Å². The molecule has 0 aromatic carbocycles. The number of rotatable bonds is 6. The molecule has 0 saturated heterocycles. The van der Waals surface area contributed by atoms with Gasteiger partial charge in [-0.15, -0.1) is 16.4 Å². The fourth-order valence-corrected chi connectivity index (χ4v) is 4.19. The van der Waals surface area contributed by atoms with Gasteiger partial charge in [-0.3, -0.25) is 4.79 Å². The van der Waals surface area contributed by atoms with E-state index in [1.807, 2.05) is 0 Å². The Bertz CT molecular complexity index is 903. The highest BCUT2D eigenvalue weighted by Gasteiger charge is 2.22. The zero-order valence-corrected chi connectivity index (χ0v) is 13.8. The summed E-state index contributed by atoms with van der Waals surface area (Å²) >= 11 is 1.71. The van der Waals surface area contributed by atoms with Gasteiger partial charge in [0, 0.05) is 11.4 Å². The van der Waals surface area contributed by atoms with Crippen molar-refractivity contribution in [2.75, 3.05) is 26.4 Å². The molecule has 0 fully saturated rings. The minimum atomic E-state index is -0.341. The average Bonchev–Trinajstić information content (AvgIpc) is 3.26. The summed E-state index contributed by atoms with van der Waals surface area (Å²) in [6.07, 6.45) is 4.90. The van der Waals surface area contributed by atoms with Crippen LogP contribution in [0.3, 0.4) is 0 Å². The number of hydrogen-bond donors (Lipinski definition) is 2. The van der Waals surface area contributed by atoms with Gasteiger partial charge in [-0.25, -0.2) is 14.5 Å². The summed E-state index contributed by atoms with van der Waals surface area (Å²) in [5.74, 6) is -0.212. The van der Waals surface area contributed by atoms with Crippen molar-refractivity contribution in [2.24, 2.45) is 0 Å². The molecule has 1 aliphatic carbocycles. The smallest absolute Gasteiger partial charge is 0.291 e. The number of carbonyl (C=O) groups is 1. The van der Waals surface area contributed by atoms with Gasteiger partial charge in [-0.2, -0.15) is 0 Å². The van der Waals surface area contributed by atoms with E-state index in [9.17, 15) is 4.79 Å². The average molecular weight is 347 g/mol. The summed E-state index contributed by atoms with van der Waals surface area (Å²) in [4.78, 5) is 23.4. The van der Waals surface area contributed by atoms with Gasteiger partial charge < -0.3 is 15.2 Å². The van der Waals surface area contributed by atoms with Crippen molar-refractivity contribution in [1.29, 1.82) is 0 Å². The molecule has 4 rings (SSSR count). The number of hydrogen-bond acceptors (Lipinski definition) is 7. The lowest BCUT2D eigenvalue weighted by Gasteiger charge is -2.02. The van der Waals surface area contributed by atoms with E-state index >= 15 is 0 Å². The third-order valence-electron chi connectivity index (χ3n) is 4.01. The van der Waals surface area contributed by atoms with E-state index in [0.717, 1.165) is 29.5 Å². The maximum atomic E-state index is 12.2. The first-order chi connectivity index (χ1) is 11.8. The lowest BCUT2D eigenvalue weighted by Crippen LogP contribution is -2.28. The molecule has 0 spiro atoms. The number of fused-ring (bicyclic) bond motifs is 5. The van der Waals surface area contributed by atoms with Gasteiger partial charge in [0.15, 0.2) is 5.65 Å². The molecule has 0 saturated carbocycles. The summed E-state index contributed by atoms with van der Waals surface area (Å²) in [7, 11) is 0. The SMILES string of the molecule is O=C(NCCOCCO)c1nc2c3c4c(sc3ncn2n1)CCC4. The second-order valence-corrected chi connectivity index (χ2v) is 6.66. The second-order valence-electron chi connectivity index (χ2n) is 5.58. The first-order valence-electron chi connectivity index (χ1n) is 7.90. The molecule has 8 nitrogen and oxygen atoms in total. The number of aliphatic hydroxyl groups is 1. The van der Waals surface area contributed by atoms with Crippen LogP contribution < -0.4 is 5.32 Å². The Kier molecular flexibility index (Phi) is 4.13. The molecule has 9 heteroatoms. The molecule has 0 bridgehead atoms. The maximum absolute atomic E-state index is 12.2. The first-order valence-corrected chi connectivity index (χ1v) is 8.72. The predicted molar refractivity (Wildman–Crippen MR) is 88.4 cm³/mol. The van der Waals surface area contributed by atoms with Crippen molar-refractivity contribution < 1.29 is 14.6 Å². The maximum Gasteiger partial charge on any atom is 0.291 e. The molecule has 0 unspecified atom stereocenters. The van der Waals surface area contributed by atoms with Gasteiger partial charge in [0.25, 0.3) is 5.91 Å². The van der Waals surface area contributed by atoms with Gasteiger partial charge in [0.05, 0.1) is 25.2 Å². The van der Waals surface area contributed by atoms with E-state index in [4.69, 9.17) is 9.84 Å².